The molecule has 1 aromatic rings. The van der Waals surface area contributed by atoms with Crippen LogP contribution in [0.2, 0.25) is 0 Å². The molecule has 0 amide bonds. The van der Waals surface area contributed by atoms with E-state index in [-0.39, 0.29) is 5.78 Å². The van der Waals surface area contributed by atoms with Gasteiger partial charge >= 0.3 is 0 Å². The number of nitrogens with two attached hydrogens (primary N) is 1. The number of carbonyl (C=O) groups is 1. The lowest BCUT2D eigenvalue weighted by Gasteiger charge is -2.00. The molecule has 70 valence electrons. The van der Waals surface area contributed by atoms with Gasteiger partial charge in [0, 0.05) is 24.2 Å². The molecule has 0 aliphatic carbocycles. The quantitative estimate of drug-likeness (QED) is 0.690. The van der Waals surface area contributed by atoms with Crippen LogP contribution >= 0.6 is 0 Å². The minimum Gasteiger partial charge on any atom is -0.481 e. The van der Waals surface area contributed by atoms with E-state index in [1.54, 1.807) is 12.1 Å². The number of aromatic nitrogens is 1. The van der Waals surface area contributed by atoms with Crippen molar-refractivity contribution >= 4 is 5.78 Å². The first-order valence-corrected chi connectivity index (χ1v) is 4.01. The number of nitrogens with zero attached hydrogens (tertiary/aromatic N) is 1. The Bertz CT molecular complexity index is 282. The molecule has 0 spiro atoms. The predicted molar refractivity (Wildman–Crippen MR) is 48.8 cm³/mol. The summed E-state index contributed by atoms with van der Waals surface area (Å²) in [5.41, 5.74) is 5.83. The Balaban J connectivity index is 2.74. The molecule has 1 heterocycles. The molecular formula is C9H12N2O2. The third-order valence-corrected chi connectivity index (χ3v) is 1.64. The number of methoxy groups -OCH3 is 1. The van der Waals surface area contributed by atoms with E-state index >= 15 is 0 Å². The van der Waals surface area contributed by atoms with Crippen LogP contribution in [0.1, 0.15) is 16.8 Å². The highest BCUT2D eigenvalue weighted by molar-refractivity contribution is 5.95. The lowest BCUT2D eigenvalue weighted by atomic mass is 10.1. The number of hydrogen-bond acceptors (Lipinski definition) is 4. The van der Waals surface area contributed by atoms with Crippen molar-refractivity contribution in [1.82, 2.24) is 4.98 Å². The molecule has 1 rings (SSSR count). The summed E-state index contributed by atoms with van der Waals surface area (Å²) in [7, 11) is 1.53. The molecular weight excluding hydrogens is 168 g/mol. The van der Waals surface area contributed by atoms with Gasteiger partial charge in [-0.3, -0.25) is 4.79 Å². The highest BCUT2D eigenvalue weighted by atomic mass is 16.5. The smallest absolute Gasteiger partial charge is 0.212 e. The van der Waals surface area contributed by atoms with Crippen molar-refractivity contribution in [2.45, 2.75) is 6.42 Å². The molecule has 2 N–H and O–H groups in total. The third kappa shape index (κ3) is 2.52. The third-order valence-electron chi connectivity index (χ3n) is 1.64. The Morgan fingerprint density at radius 3 is 2.85 bits per heavy atom. The summed E-state index contributed by atoms with van der Waals surface area (Å²) in [6.45, 7) is 0.366. The van der Waals surface area contributed by atoms with E-state index in [9.17, 15) is 4.79 Å². The van der Waals surface area contributed by atoms with Gasteiger partial charge in [0.2, 0.25) is 5.88 Å². The van der Waals surface area contributed by atoms with Crippen LogP contribution in [0, 0.1) is 0 Å². The van der Waals surface area contributed by atoms with E-state index in [1.807, 2.05) is 0 Å². The molecule has 4 heteroatoms. The number of pyridine rings is 1. The van der Waals surface area contributed by atoms with Gasteiger partial charge in [-0.05, 0) is 12.6 Å². The zero-order valence-corrected chi connectivity index (χ0v) is 7.49. The summed E-state index contributed by atoms with van der Waals surface area (Å²) < 4.78 is 4.86. The zero-order valence-electron chi connectivity index (χ0n) is 7.49. The van der Waals surface area contributed by atoms with Crippen LogP contribution in [-0.4, -0.2) is 24.4 Å². The normalized spacial score (nSPS) is 9.69. The second-order valence-electron chi connectivity index (χ2n) is 2.55. The Labute approximate surface area is 76.7 Å². The van der Waals surface area contributed by atoms with E-state index in [1.165, 1.54) is 13.3 Å². The maximum absolute atomic E-state index is 11.3. The van der Waals surface area contributed by atoms with E-state index in [0.717, 1.165) is 0 Å². The first-order chi connectivity index (χ1) is 6.27. The maximum atomic E-state index is 11.3. The van der Waals surface area contributed by atoms with Gasteiger partial charge in [-0.2, -0.15) is 0 Å². The van der Waals surface area contributed by atoms with E-state index in [4.69, 9.17) is 10.5 Å². The summed E-state index contributed by atoms with van der Waals surface area (Å²) in [6, 6.07) is 3.34. The molecule has 0 unspecified atom stereocenters. The highest BCUT2D eigenvalue weighted by Gasteiger charge is 2.04. The van der Waals surface area contributed by atoms with Crippen LogP contribution in [0.25, 0.3) is 0 Å². The average molecular weight is 180 g/mol. The Morgan fingerprint density at radius 1 is 1.62 bits per heavy atom. The number of hydrogen-bond donors (Lipinski definition) is 1. The Morgan fingerprint density at radius 2 is 2.38 bits per heavy atom. The molecule has 13 heavy (non-hydrogen) atoms. The summed E-state index contributed by atoms with van der Waals surface area (Å²) in [5.74, 6) is 0.516. The molecule has 0 aliphatic rings. The molecule has 0 atom stereocenters. The van der Waals surface area contributed by atoms with Gasteiger partial charge in [0.05, 0.1) is 7.11 Å². The molecule has 0 saturated carbocycles. The second-order valence-corrected chi connectivity index (χ2v) is 2.55. The van der Waals surface area contributed by atoms with Crippen molar-refractivity contribution in [1.29, 1.82) is 0 Å². The fraction of sp³-hybridized carbons (Fsp3) is 0.333. The van der Waals surface area contributed by atoms with E-state index < -0.39 is 0 Å². The molecule has 0 bridgehead atoms. The average Bonchev–Trinajstić information content (AvgIpc) is 2.18. The van der Waals surface area contributed by atoms with Gasteiger partial charge in [0.15, 0.2) is 5.78 Å². The lowest BCUT2D eigenvalue weighted by molar-refractivity contribution is 0.0985. The topological polar surface area (TPSA) is 65.2 Å². The van der Waals surface area contributed by atoms with Gasteiger partial charge in [0.25, 0.3) is 0 Å². The second kappa shape index (κ2) is 4.57. The SMILES string of the molecule is COc1ccc(C(=O)CCN)cn1. The Kier molecular flexibility index (Phi) is 3.40. The lowest BCUT2D eigenvalue weighted by Crippen LogP contribution is -2.08. The van der Waals surface area contributed by atoms with Crippen molar-refractivity contribution in [2.75, 3.05) is 13.7 Å². The maximum Gasteiger partial charge on any atom is 0.212 e. The van der Waals surface area contributed by atoms with Crippen LogP contribution in [0.3, 0.4) is 0 Å². The summed E-state index contributed by atoms with van der Waals surface area (Å²) in [5, 5.41) is 0. The zero-order chi connectivity index (χ0) is 9.68. The number of Topliss-reactive ketones (excluding diaryl/α,β-unsaturated/α-hetero) is 1. The standard InChI is InChI=1S/C9H12N2O2/c1-13-9-3-2-7(6-11-9)8(12)4-5-10/h2-3,6H,4-5,10H2,1H3. The number of ether oxygens (including phenoxy) is 1. The van der Waals surface area contributed by atoms with Gasteiger partial charge in [0.1, 0.15) is 0 Å². The minimum absolute atomic E-state index is 0.0117. The van der Waals surface area contributed by atoms with Crippen LogP contribution in [0.15, 0.2) is 18.3 Å². The van der Waals surface area contributed by atoms with Gasteiger partial charge in [-0.25, -0.2) is 4.98 Å². The fourth-order valence-corrected chi connectivity index (χ4v) is 0.941. The monoisotopic (exact) mass is 180 g/mol. The van der Waals surface area contributed by atoms with Crippen molar-refractivity contribution in [3.63, 3.8) is 0 Å². The first-order valence-electron chi connectivity index (χ1n) is 4.01. The van der Waals surface area contributed by atoms with Crippen LogP contribution < -0.4 is 10.5 Å². The number of ketones is 1. The largest absolute Gasteiger partial charge is 0.481 e. The number of carbonyl (C=O) groups excluding carboxylic acids is 1. The molecule has 0 aromatic carbocycles. The van der Waals surface area contributed by atoms with Crippen LogP contribution in [-0.2, 0) is 0 Å². The summed E-state index contributed by atoms with van der Waals surface area (Å²) in [6.07, 6.45) is 1.85. The molecule has 4 nitrogen and oxygen atoms in total. The fourth-order valence-electron chi connectivity index (χ4n) is 0.941. The van der Waals surface area contributed by atoms with Crippen molar-refractivity contribution < 1.29 is 9.53 Å². The molecule has 1 aromatic heterocycles. The number of rotatable bonds is 4. The summed E-state index contributed by atoms with van der Waals surface area (Å²) in [4.78, 5) is 15.2. The van der Waals surface area contributed by atoms with Crippen molar-refractivity contribution in [3.05, 3.63) is 23.9 Å². The van der Waals surface area contributed by atoms with Gasteiger partial charge < -0.3 is 10.5 Å². The molecule has 0 radical (unpaired) electrons. The highest BCUT2D eigenvalue weighted by Crippen LogP contribution is 2.07. The van der Waals surface area contributed by atoms with Crippen molar-refractivity contribution in [2.24, 2.45) is 5.73 Å². The minimum atomic E-state index is 0.0117. The molecule has 0 saturated heterocycles. The molecule has 0 aliphatic heterocycles. The summed E-state index contributed by atoms with van der Waals surface area (Å²) >= 11 is 0. The van der Waals surface area contributed by atoms with Gasteiger partial charge in [-0.15, -0.1) is 0 Å². The van der Waals surface area contributed by atoms with Crippen LogP contribution in [0.5, 0.6) is 5.88 Å². The van der Waals surface area contributed by atoms with Crippen molar-refractivity contribution in [3.8, 4) is 5.88 Å². The van der Waals surface area contributed by atoms with E-state index in [0.29, 0.717) is 24.4 Å². The van der Waals surface area contributed by atoms with Crippen LogP contribution in [0.4, 0.5) is 0 Å². The molecule has 0 fully saturated rings. The van der Waals surface area contributed by atoms with E-state index in [2.05, 4.69) is 4.98 Å². The Hall–Kier alpha value is -1.42. The predicted octanol–water partition coefficient (Wildman–Crippen LogP) is 0.622. The van der Waals surface area contributed by atoms with Gasteiger partial charge in [-0.1, -0.05) is 0 Å². The first kappa shape index (κ1) is 9.67.